The molecule has 3 heteroatoms. The molecule has 0 aliphatic heterocycles. The average molecular weight is 262 g/mol. The molecular formula is C17H14N2O. The van der Waals surface area contributed by atoms with Gasteiger partial charge in [-0.2, -0.15) is 0 Å². The highest BCUT2D eigenvalue weighted by molar-refractivity contribution is 6.04. The molecule has 0 spiro atoms. The van der Waals surface area contributed by atoms with Crippen LogP contribution < -0.4 is 5.56 Å². The standard InChI is InChI=1S/C17H14N2O/c1-11-7-8-14-13-5-3-4-6-15(13)19-17(20)10-12(2)18(19)16(14)9-11/h3-10H,1-2H3. The minimum absolute atomic E-state index is 0.0158. The van der Waals surface area contributed by atoms with Crippen molar-refractivity contribution in [2.24, 2.45) is 0 Å². The van der Waals surface area contributed by atoms with Gasteiger partial charge in [0.15, 0.2) is 0 Å². The smallest absolute Gasteiger partial charge is 0.267 e. The number of rotatable bonds is 0. The highest BCUT2D eigenvalue weighted by Gasteiger charge is 2.11. The molecule has 0 bridgehead atoms. The van der Waals surface area contributed by atoms with Crippen LogP contribution in [0.15, 0.2) is 53.3 Å². The van der Waals surface area contributed by atoms with Crippen molar-refractivity contribution in [3.8, 4) is 0 Å². The highest BCUT2D eigenvalue weighted by Crippen LogP contribution is 2.25. The zero-order valence-electron chi connectivity index (χ0n) is 11.4. The van der Waals surface area contributed by atoms with Crippen molar-refractivity contribution in [2.45, 2.75) is 13.8 Å². The zero-order chi connectivity index (χ0) is 13.9. The number of hydrogen-bond acceptors (Lipinski definition) is 1. The second kappa shape index (κ2) is 3.73. The van der Waals surface area contributed by atoms with Crippen LogP contribution in [0.4, 0.5) is 0 Å². The van der Waals surface area contributed by atoms with E-state index in [0.717, 1.165) is 22.1 Å². The lowest BCUT2D eigenvalue weighted by Crippen LogP contribution is -2.13. The molecule has 4 rings (SSSR count). The van der Waals surface area contributed by atoms with Gasteiger partial charge in [-0.25, -0.2) is 9.03 Å². The van der Waals surface area contributed by atoms with Crippen LogP contribution >= 0.6 is 0 Å². The van der Waals surface area contributed by atoms with E-state index in [-0.39, 0.29) is 5.56 Å². The maximum atomic E-state index is 12.3. The van der Waals surface area contributed by atoms with Gasteiger partial charge in [0.25, 0.3) is 5.56 Å². The summed E-state index contributed by atoms with van der Waals surface area (Å²) in [6.07, 6.45) is 0. The molecule has 0 unspecified atom stereocenters. The Balaban J connectivity index is 2.50. The normalized spacial score (nSPS) is 11.7. The van der Waals surface area contributed by atoms with Gasteiger partial charge in [0.2, 0.25) is 0 Å². The summed E-state index contributed by atoms with van der Waals surface area (Å²) in [4.78, 5) is 12.3. The molecule has 2 aromatic heterocycles. The van der Waals surface area contributed by atoms with Gasteiger partial charge in [-0.15, -0.1) is 0 Å². The van der Waals surface area contributed by atoms with Gasteiger partial charge in [-0.1, -0.05) is 30.3 Å². The van der Waals surface area contributed by atoms with E-state index in [1.54, 1.807) is 10.6 Å². The summed E-state index contributed by atoms with van der Waals surface area (Å²) < 4.78 is 3.76. The largest absolute Gasteiger partial charge is 0.271 e. The van der Waals surface area contributed by atoms with Crippen molar-refractivity contribution >= 4 is 21.8 Å². The molecule has 0 saturated heterocycles. The van der Waals surface area contributed by atoms with Gasteiger partial charge in [0.05, 0.1) is 11.0 Å². The third kappa shape index (κ3) is 1.32. The number of fused-ring (bicyclic) bond motifs is 6. The van der Waals surface area contributed by atoms with E-state index in [1.807, 2.05) is 29.6 Å². The van der Waals surface area contributed by atoms with E-state index < -0.39 is 0 Å². The van der Waals surface area contributed by atoms with Crippen LogP contribution in [0.25, 0.3) is 21.8 Å². The topological polar surface area (TPSA) is 25.9 Å². The first kappa shape index (κ1) is 11.3. The molecule has 0 fully saturated rings. The van der Waals surface area contributed by atoms with Crippen molar-refractivity contribution in [1.29, 1.82) is 0 Å². The van der Waals surface area contributed by atoms with Crippen molar-refractivity contribution in [3.05, 3.63) is 70.1 Å². The summed E-state index contributed by atoms with van der Waals surface area (Å²) in [5, 5.41) is 2.28. The predicted molar refractivity (Wildman–Crippen MR) is 81.6 cm³/mol. The van der Waals surface area contributed by atoms with Crippen LogP contribution in [-0.2, 0) is 0 Å². The minimum atomic E-state index is 0.0158. The van der Waals surface area contributed by atoms with Crippen LogP contribution in [0.3, 0.4) is 0 Å². The summed E-state index contributed by atoms with van der Waals surface area (Å²) in [6, 6.07) is 16.1. The predicted octanol–water partition coefficient (Wildman–Crippen LogP) is 3.32. The van der Waals surface area contributed by atoms with Crippen LogP contribution in [0.1, 0.15) is 11.3 Å². The third-order valence-electron chi connectivity index (χ3n) is 3.88. The van der Waals surface area contributed by atoms with Crippen LogP contribution in [0, 0.1) is 13.8 Å². The maximum Gasteiger partial charge on any atom is 0.271 e. The van der Waals surface area contributed by atoms with E-state index >= 15 is 0 Å². The molecule has 0 radical (unpaired) electrons. The quantitative estimate of drug-likeness (QED) is 0.446. The maximum absolute atomic E-state index is 12.3. The first-order valence-corrected chi connectivity index (χ1v) is 6.69. The molecule has 98 valence electrons. The molecule has 0 saturated carbocycles. The van der Waals surface area contributed by atoms with Crippen molar-refractivity contribution in [3.63, 3.8) is 0 Å². The number of para-hydroxylation sites is 1. The molecular weight excluding hydrogens is 248 g/mol. The summed E-state index contributed by atoms with van der Waals surface area (Å²) >= 11 is 0. The third-order valence-corrected chi connectivity index (χ3v) is 3.88. The Morgan fingerprint density at radius 1 is 0.800 bits per heavy atom. The summed E-state index contributed by atoms with van der Waals surface area (Å²) in [5.41, 5.74) is 4.18. The number of aromatic nitrogens is 2. The summed E-state index contributed by atoms with van der Waals surface area (Å²) in [7, 11) is 0. The SMILES string of the molecule is Cc1ccc2c3ccccc3n3c(=O)cc(C)n3c2c1. The Morgan fingerprint density at radius 3 is 2.40 bits per heavy atom. The number of aryl methyl sites for hydroxylation is 2. The molecule has 4 aromatic rings. The molecule has 2 aromatic carbocycles. The second-order valence-electron chi connectivity index (χ2n) is 5.29. The number of nitrogens with zero attached hydrogens (tertiary/aromatic N) is 2. The number of hydrogen-bond donors (Lipinski definition) is 0. The Hall–Kier alpha value is -2.55. The molecule has 20 heavy (non-hydrogen) atoms. The Kier molecular flexibility index (Phi) is 2.11. The van der Waals surface area contributed by atoms with E-state index in [1.165, 1.54) is 10.9 Å². The average Bonchev–Trinajstić information content (AvgIpc) is 2.74. The monoisotopic (exact) mass is 262 g/mol. The van der Waals surface area contributed by atoms with Crippen molar-refractivity contribution < 1.29 is 0 Å². The second-order valence-corrected chi connectivity index (χ2v) is 5.29. The zero-order valence-corrected chi connectivity index (χ0v) is 11.4. The lowest BCUT2D eigenvalue weighted by Gasteiger charge is -2.11. The Labute approximate surface area is 115 Å². The number of benzene rings is 2. The molecule has 0 aliphatic carbocycles. The van der Waals surface area contributed by atoms with Crippen molar-refractivity contribution in [1.82, 2.24) is 9.03 Å². The molecule has 2 heterocycles. The fourth-order valence-electron chi connectivity index (χ4n) is 3.01. The summed E-state index contributed by atoms with van der Waals surface area (Å²) in [5.74, 6) is 0. The van der Waals surface area contributed by atoms with E-state index in [4.69, 9.17) is 0 Å². The fourth-order valence-corrected chi connectivity index (χ4v) is 3.01. The lowest BCUT2D eigenvalue weighted by atomic mass is 10.1. The van der Waals surface area contributed by atoms with Crippen LogP contribution in [0.5, 0.6) is 0 Å². The molecule has 0 atom stereocenters. The first-order valence-electron chi connectivity index (χ1n) is 6.69. The van der Waals surface area contributed by atoms with Crippen LogP contribution in [0.2, 0.25) is 0 Å². The van der Waals surface area contributed by atoms with Gasteiger partial charge in [0.1, 0.15) is 0 Å². The highest BCUT2D eigenvalue weighted by atomic mass is 16.1. The van der Waals surface area contributed by atoms with Gasteiger partial charge < -0.3 is 0 Å². The molecule has 0 aliphatic rings. The van der Waals surface area contributed by atoms with E-state index in [2.05, 4.69) is 31.2 Å². The van der Waals surface area contributed by atoms with Gasteiger partial charge in [-0.3, -0.25) is 4.79 Å². The summed E-state index contributed by atoms with van der Waals surface area (Å²) in [6.45, 7) is 4.04. The Morgan fingerprint density at radius 2 is 1.55 bits per heavy atom. The van der Waals surface area contributed by atoms with Gasteiger partial charge in [0, 0.05) is 22.5 Å². The molecule has 0 amide bonds. The minimum Gasteiger partial charge on any atom is -0.267 e. The van der Waals surface area contributed by atoms with E-state index in [0.29, 0.717) is 0 Å². The van der Waals surface area contributed by atoms with Crippen LogP contribution in [-0.4, -0.2) is 9.03 Å². The van der Waals surface area contributed by atoms with E-state index in [9.17, 15) is 4.79 Å². The molecule has 3 nitrogen and oxygen atoms in total. The van der Waals surface area contributed by atoms with Crippen molar-refractivity contribution in [2.75, 3.05) is 0 Å². The Bertz CT molecular complexity index is 1040. The first-order chi connectivity index (χ1) is 9.66. The van der Waals surface area contributed by atoms with Gasteiger partial charge >= 0.3 is 0 Å². The lowest BCUT2D eigenvalue weighted by molar-refractivity contribution is 0.836. The van der Waals surface area contributed by atoms with Gasteiger partial charge in [-0.05, 0) is 31.5 Å². The molecule has 0 N–H and O–H groups in total. The fraction of sp³-hybridized carbons (Fsp3) is 0.118.